The number of piperazine rings is 1. The smallest absolute Gasteiger partial charge is 0.416 e. The highest BCUT2D eigenvalue weighted by molar-refractivity contribution is 5.94. The zero-order chi connectivity index (χ0) is 29.7. The summed E-state index contributed by atoms with van der Waals surface area (Å²) in [6.45, 7) is 12.3. The van der Waals surface area contributed by atoms with Gasteiger partial charge in [0.15, 0.2) is 0 Å². The average Bonchev–Trinajstić information content (AvgIpc) is 2.93. The third-order valence-corrected chi connectivity index (χ3v) is 8.72. The number of nitrogens with two attached hydrogens (primary N) is 1. The number of halogens is 3. The number of unbranched alkanes of at least 4 members (excludes halogenated alkanes) is 1. The second-order valence-electron chi connectivity index (χ2n) is 11.4. The van der Waals surface area contributed by atoms with E-state index in [9.17, 15) is 18.0 Å². The maximum atomic E-state index is 12.9. The summed E-state index contributed by atoms with van der Waals surface area (Å²) in [5, 5.41) is 0. The first kappa shape index (κ1) is 31.9. The minimum Gasteiger partial charge on any atom is -0.493 e. The highest BCUT2D eigenvalue weighted by atomic mass is 19.4. The van der Waals surface area contributed by atoms with Crippen molar-refractivity contribution in [1.82, 2.24) is 14.7 Å². The lowest BCUT2D eigenvalue weighted by atomic mass is 9.94. The van der Waals surface area contributed by atoms with Gasteiger partial charge in [-0.2, -0.15) is 13.2 Å². The van der Waals surface area contributed by atoms with Gasteiger partial charge in [-0.3, -0.25) is 9.69 Å². The molecule has 1 heterocycles. The zero-order valence-electron chi connectivity index (χ0n) is 24.8. The lowest BCUT2D eigenvalue weighted by molar-refractivity contribution is -0.137. The number of alkyl halides is 3. The number of benzene rings is 2. The Morgan fingerprint density at radius 2 is 1.62 bits per heavy atom. The molecular formula is C31H45F3N4O2. The number of hydrogen-bond donors (Lipinski definition) is 1. The maximum absolute atomic E-state index is 12.9. The monoisotopic (exact) mass is 562 g/mol. The molecule has 1 saturated heterocycles. The predicted molar refractivity (Wildman–Crippen MR) is 154 cm³/mol. The Balaban J connectivity index is 1.52. The van der Waals surface area contributed by atoms with Crippen LogP contribution in [0.3, 0.4) is 0 Å². The molecule has 1 aliphatic rings. The van der Waals surface area contributed by atoms with Crippen molar-refractivity contribution in [2.75, 3.05) is 53.4 Å². The molecule has 222 valence electrons. The van der Waals surface area contributed by atoms with Crippen LogP contribution >= 0.6 is 0 Å². The van der Waals surface area contributed by atoms with E-state index in [4.69, 9.17) is 10.5 Å². The first-order valence-electron chi connectivity index (χ1n) is 14.1. The normalized spacial score (nSPS) is 17.1. The Hall–Kier alpha value is -2.62. The summed E-state index contributed by atoms with van der Waals surface area (Å²) in [6.07, 6.45) is -1.37. The minimum atomic E-state index is -4.41. The molecule has 1 amide bonds. The fourth-order valence-electron chi connectivity index (χ4n) is 5.22. The lowest BCUT2D eigenvalue weighted by Gasteiger charge is -2.39. The fraction of sp³-hybridized carbons (Fsp3) is 0.581. The van der Waals surface area contributed by atoms with E-state index in [2.05, 4.69) is 63.7 Å². The number of nitrogens with zero attached hydrogens (tertiary/aromatic N) is 3. The van der Waals surface area contributed by atoms with Crippen LogP contribution in [0.15, 0.2) is 36.4 Å². The van der Waals surface area contributed by atoms with Gasteiger partial charge in [0, 0.05) is 49.9 Å². The highest BCUT2D eigenvalue weighted by Crippen LogP contribution is 2.32. The zero-order valence-corrected chi connectivity index (χ0v) is 24.8. The van der Waals surface area contributed by atoms with Crippen molar-refractivity contribution >= 4 is 5.91 Å². The van der Waals surface area contributed by atoms with E-state index < -0.39 is 11.7 Å². The van der Waals surface area contributed by atoms with E-state index >= 15 is 0 Å². The molecule has 0 radical (unpaired) electrons. The number of likely N-dealkylation sites (N-methyl/N-ethyl adjacent to an activating group) is 1. The van der Waals surface area contributed by atoms with Crippen LogP contribution in [0.25, 0.3) is 0 Å². The summed E-state index contributed by atoms with van der Waals surface area (Å²) in [5.74, 6) is 0.679. The second kappa shape index (κ2) is 13.4. The van der Waals surface area contributed by atoms with E-state index in [1.165, 1.54) is 23.3 Å². The molecule has 6 nitrogen and oxygen atoms in total. The van der Waals surface area contributed by atoms with Crippen LogP contribution < -0.4 is 10.5 Å². The average molecular weight is 563 g/mol. The summed E-state index contributed by atoms with van der Waals surface area (Å²) in [4.78, 5) is 19.1. The molecule has 2 atom stereocenters. The van der Waals surface area contributed by atoms with Crippen LogP contribution in [0.2, 0.25) is 0 Å². The van der Waals surface area contributed by atoms with Crippen molar-refractivity contribution in [3.05, 3.63) is 64.2 Å². The van der Waals surface area contributed by atoms with Crippen molar-refractivity contribution in [3.8, 4) is 5.75 Å². The number of rotatable bonds is 11. The third kappa shape index (κ3) is 7.56. The molecule has 0 saturated carbocycles. The van der Waals surface area contributed by atoms with Crippen LogP contribution in [0, 0.1) is 13.8 Å². The number of carbonyl (C=O) groups is 1. The summed E-state index contributed by atoms with van der Waals surface area (Å²) in [6, 6.07) is 8.81. The fourth-order valence-corrected chi connectivity index (χ4v) is 5.22. The Kier molecular flexibility index (Phi) is 10.7. The molecule has 0 aromatic heterocycles. The molecule has 2 N–H and O–H groups in total. The van der Waals surface area contributed by atoms with Crippen molar-refractivity contribution in [1.29, 1.82) is 0 Å². The van der Waals surface area contributed by atoms with Crippen molar-refractivity contribution < 1.29 is 22.7 Å². The Morgan fingerprint density at radius 1 is 1.00 bits per heavy atom. The molecule has 0 aliphatic carbocycles. The van der Waals surface area contributed by atoms with E-state index in [1.807, 2.05) is 0 Å². The van der Waals surface area contributed by atoms with Gasteiger partial charge in [0.25, 0.3) is 5.91 Å². The van der Waals surface area contributed by atoms with Gasteiger partial charge in [0.2, 0.25) is 0 Å². The van der Waals surface area contributed by atoms with Gasteiger partial charge in [-0.15, -0.1) is 0 Å². The van der Waals surface area contributed by atoms with Gasteiger partial charge in [-0.25, -0.2) is 0 Å². The van der Waals surface area contributed by atoms with Crippen molar-refractivity contribution in [2.24, 2.45) is 5.73 Å². The highest BCUT2D eigenvalue weighted by Gasteiger charge is 2.31. The topological polar surface area (TPSA) is 62.0 Å². The maximum Gasteiger partial charge on any atom is 0.416 e. The first-order chi connectivity index (χ1) is 18.8. The molecule has 0 spiro atoms. The number of ether oxygens (including phenoxy) is 1. The van der Waals surface area contributed by atoms with Crippen molar-refractivity contribution in [3.63, 3.8) is 0 Å². The summed E-state index contributed by atoms with van der Waals surface area (Å²) < 4.78 is 44.7. The lowest BCUT2D eigenvalue weighted by Crippen LogP contribution is -2.49. The van der Waals surface area contributed by atoms with E-state index in [1.54, 1.807) is 4.90 Å². The van der Waals surface area contributed by atoms with Crippen LogP contribution in [0.5, 0.6) is 5.75 Å². The number of amides is 1. The van der Waals surface area contributed by atoms with Gasteiger partial charge in [-0.1, -0.05) is 6.07 Å². The Bertz CT molecular complexity index is 1130. The molecule has 2 aromatic carbocycles. The van der Waals surface area contributed by atoms with E-state index in [0.29, 0.717) is 39.3 Å². The van der Waals surface area contributed by atoms with Gasteiger partial charge in [0.05, 0.1) is 12.2 Å². The van der Waals surface area contributed by atoms with Crippen LogP contribution in [-0.4, -0.2) is 79.6 Å². The molecular weight excluding hydrogens is 517 g/mol. The van der Waals surface area contributed by atoms with E-state index in [0.717, 1.165) is 42.7 Å². The Morgan fingerprint density at radius 3 is 2.17 bits per heavy atom. The molecule has 40 heavy (non-hydrogen) atoms. The summed E-state index contributed by atoms with van der Waals surface area (Å²) in [5.41, 5.74) is 9.09. The Labute approximate surface area is 237 Å². The standard InChI is InChI=1S/C31H45F3N4O2/c1-22-23(2)28(40-20-8-7-15-30(4,21-35)36(5)6)14-13-27(22)24(3)37-16-18-38(19-17-37)29(39)25-9-11-26(12-10-25)31(32,33)34/h9-14,24H,7-8,15-21,35H2,1-6H3. The van der Waals surface area contributed by atoms with Crippen LogP contribution in [0.4, 0.5) is 13.2 Å². The van der Waals surface area contributed by atoms with Gasteiger partial charge in [0.1, 0.15) is 5.75 Å². The third-order valence-electron chi connectivity index (χ3n) is 8.72. The SMILES string of the molecule is Cc1c(OCCCCC(C)(CN)N(C)C)ccc(C(C)N2CCN(C(=O)c3ccc(C(F)(F)F)cc3)CC2)c1C. The largest absolute Gasteiger partial charge is 0.493 e. The minimum absolute atomic E-state index is 0.00523. The van der Waals surface area contributed by atoms with Crippen LogP contribution in [-0.2, 0) is 6.18 Å². The van der Waals surface area contributed by atoms with E-state index in [-0.39, 0.29) is 23.1 Å². The summed E-state index contributed by atoms with van der Waals surface area (Å²) >= 11 is 0. The molecule has 3 rings (SSSR count). The molecule has 9 heteroatoms. The molecule has 1 fully saturated rings. The molecule has 0 bridgehead atoms. The van der Waals surface area contributed by atoms with Gasteiger partial charge in [-0.05, 0) is 108 Å². The van der Waals surface area contributed by atoms with Gasteiger partial charge < -0.3 is 20.3 Å². The quantitative estimate of drug-likeness (QED) is 0.358. The van der Waals surface area contributed by atoms with Crippen molar-refractivity contribution in [2.45, 2.75) is 64.7 Å². The molecule has 2 unspecified atom stereocenters. The first-order valence-corrected chi connectivity index (χ1v) is 14.1. The number of carbonyl (C=O) groups excluding carboxylic acids is 1. The second-order valence-corrected chi connectivity index (χ2v) is 11.4. The van der Waals surface area contributed by atoms with Gasteiger partial charge >= 0.3 is 6.18 Å². The number of hydrogen-bond acceptors (Lipinski definition) is 5. The van der Waals surface area contributed by atoms with Crippen LogP contribution in [0.1, 0.15) is 71.8 Å². The molecule has 1 aliphatic heterocycles. The predicted octanol–water partition coefficient (Wildman–Crippen LogP) is 5.67. The molecule has 2 aromatic rings. The summed E-state index contributed by atoms with van der Waals surface area (Å²) in [7, 11) is 4.14.